The van der Waals surface area contributed by atoms with Gasteiger partial charge in [-0.25, -0.2) is 0 Å². The fourth-order valence-corrected chi connectivity index (χ4v) is 3.59. The van der Waals surface area contributed by atoms with Crippen molar-refractivity contribution in [3.8, 4) is 5.75 Å². The quantitative estimate of drug-likeness (QED) is 0.533. The number of fused-ring (bicyclic) bond motifs is 1. The van der Waals surface area contributed by atoms with Crippen LogP contribution in [0, 0.1) is 0 Å². The van der Waals surface area contributed by atoms with Gasteiger partial charge in [0.05, 0.1) is 0 Å². The van der Waals surface area contributed by atoms with Crippen LogP contribution in [0.2, 0.25) is 0 Å². The van der Waals surface area contributed by atoms with Crippen molar-refractivity contribution < 1.29 is 14.6 Å². The Labute approximate surface area is 172 Å². The highest BCUT2D eigenvalue weighted by Crippen LogP contribution is 2.20. The number of aliphatic hydroxyl groups excluding tert-OH is 1. The first kappa shape index (κ1) is 21.3. The molecule has 0 aromatic heterocycles. The first-order valence-corrected chi connectivity index (χ1v) is 10.2. The molecule has 2 aromatic rings. The Bertz CT molecular complexity index is 796. The lowest BCUT2D eigenvalue weighted by Gasteiger charge is -2.30. The minimum Gasteiger partial charge on any atom is -0.491 e. The Hall–Kier alpha value is -2.41. The van der Waals surface area contributed by atoms with Gasteiger partial charge in [0.25, 0.3) is 0 Å². The van der Waals surface area contributed by atoms with Gasteiger partial charge in [0.15, 0.2) is 0 Å². The summed E-state index contributed by atoms with van der Waals surface area (Å²) in [5, 5.41) is 16.5. The highest BCUT2D eigenvalue weighted by molar-refractivity contribution is 5.72. The molecule has 0 radical (unpaired) electrons. The van der Waals surface area contributed by atoms with Crippen molar-refractivity contribution >= 4 is 5.91 Å². The van der Waals surface area contributed by atoms with Crippen LogP contribution in [0.3, 0.4) is 0 Å². The minimum absolute atomic E-state index is 0.0262. The number of carbonyl (C=O) groups is 1. The lowest BCUT2D eigenvalue weighted by atomic mass is 10.00. The molecule has 6 nitrogen and oxygen atoms in total. The van der Waals surface area contributed by atoms with Crippen LogP contribution in [0.5, 0.6) is 5.75 Å². The molecule has 1 atom stereocenters. The first-order chi connectivity index (χ1) is 14.1. The number of hydrogen-bond acceptors (Lipinski definition) is 5. The molecule has 1 aliphatic heterocycles. The number of ether oxygens (including phenoxy) is 1. The molecule has 3 N–H and O–H groups in total. The van der Waals surface area contributed by atoms with Crippen molar-refractivity contribution in [2.75, 3.05) is 32.8 Å². The average molecular weight is 398 g/mol. The van der Waals surface area contributed by atoms with E-state index in [4.69, 9.17) is 4.74 Å². The van der Waals surface area contributed by atoms with E-state index in [0.717, 1.165) is 30.8 Å². The van der Waals surface area contributed by atoms with Gasteiger partial charge in [0, 0.05) is 51.8 Å². The summed E-state index contributed by atoms with van der Waals surface area (Å²) >= 11 is 0. The standard InChI is InChI=1S/C23H31N3O3/c1-18(27)25-12-11-24-14-20-7-4-5-9-23(20)29-17-22(28)16-26-13-10-19-6-2-3-8-21(19)15-26/h2-9,22,24,28H,10-17H2,1H3,(H,25,27). The smallest absolute Gasteiger partial charge is 0.216 e. The summed E-state index contributed by atoms with van der Waals surface area (Å²) in [6, 6.07) is 16.4. The third-order valence-electron chi connectivity index (χ3n) is 5.07. The lowest BCUT2D eigenvalue weighted by Crippen LogP contribution is -2.38. The number of para-hydroxylation sites is 1. The van der Waals surface area contributed by atoms with Crippen LogP contribution in [0.25, 0.3) is 0 Å². The predicted octanol–water partition coefficient (Wildman–Crippen LogP) is 1.71. The summed E-state index contributed by atoms with van der Waals surface area (Å²) in [5.41, 5.74) is 3.80. The largest absolute Gasteiger partial charge is 0.491 e. The van der Waals surface area contributed by atoms with E-state index in [-0.39, 0.29) is 12.5 Å². The molecule has 1 unspecified atom stereocenters. The fourth-order valence-electron chi connectivity index (χ4n) is 3.59. The zero-order valence-electron chi connectivity index (χ0n) is 17.1. The number of benzene rings is 2. The highest BCUT2D eigenvalue weighted by atomic mass is 16.5. The van der Waals surface area contributed by atoms with Crippen molar-refractivity contribution in [1.82, 2.24) is 15.5 Å². The molecule has 0 saturated carbocycles. The first-order valence-electron chi connectivity index (χ1n) is 10.2. The van der Waals surface area contributed by atoms with Gasteiger partial charge in [-0.2, -0.15) is 0 Å². The molecular formula is C23H31N3O3. The predicted molar refractivity (Wildman–Crippen MR) is 114 cm³/mol. The van der Waals surface area contributed by atoms with Crippen molar-refractivity contribution in [2.45, 2.75) is 32.5 Å². The molecule has 0 saturated heterocycles. The number of β-amino-alcohol motifs (C(OH)–C–C–N with tert-alkyl or cyclic N) is 1. The van der Waals surface area contributed by atoms with Gasteiger partial charge in [-0.05, 0) is 23.6 Å². The summed E-state index contributed by atoms with van der Waals surface area (Å²) in [6.45, 7) is 6.15. The van der Waals surface area contributed by atoms with Crippen LogP contribution >= 0.6 is 0 Å². The molecule has 1 heterocycles. The topological polar surface area (TPSA) is 73.8 Å². The minimum atomic E-state index is -0.541. The van der Waals surface area contributed by atoms with Gasteiger partial charge in [0.1, 0.15) is 18.5 Å². The van der Waals surface area contributed by atoms with E-state index in [0.29, 0.717) is 26.2 Å². The van der Waals surface area contributed by atoms with E-state index in [1.807, 2.05) is 24.3 Å². The summed E-state index contributed by atoms with van der Waals surface area (Å²) in [7, 11) is 0. The maximum absolute atomic E-state index is 10.9. The zero-order valence-corrected chi connectivity index (χ0v) is 17.1. The lowest BCUT2D eigenvalue weighted by molar-refractivity contribution is -0.118. The van der Waals surface area contributed by atoms with Crippen molar-refractivity contribution in [2.24, 2.45) is 0 Å². The van der Waals surface area contributed by atoms with E-state index >= 15 is 0 Å². The Morgan fingerprint density at radius 1 is 1.14 bits per heavy atom. The molecule has 29 heavy (non-hydrogen) atoms. The second kappa shape index (κ2) is 11.0. The van der Waals surface area contributed by atoms with Gasteiger partial charge in [0.2, 0.25) is 5.91 Å². The van der Waals surface area contributed by atoms with Crippen LogP contribution in [0.4, 0.5) is 0 Å². The molecule has 0 aliphatic carbocycles. The molecule has 1 aliphatic rings. The summed E-state index contributed by atoms with van der Waals surface area (Å²) in [5.74, 6) is 0.754. The number of amides is 1. The molecule has 0 bridgehead atoms. The number of aliphatic hydroxyl groups is 1. The van der Waals surface area contributed by atoms with Crippen LogP contribution < -0.4 is 15.4 Å². The SMILES string of the molecule is CC(=O)NCCNCc1ccccc1OCC(O)CN1CCc2ccccc2C1. The second-order valence-electron chi connectivity index (χ2n) is 7.49. The molecule has 156 valence electrons. The summed E-state index contributed by atoms with van der Waals surface area (Å²) in [6.07, 6.45) is 0.484. The monoisotopic (exact) mass is 397 g/mol. The molecule has 0 spiro atoms. The maximum Gasteiger partial charge on any atom is 0.216 e. The number of nitrogens with zero attached hydrogens (tertiary/aromatic N) is 1. The van der Waals surface area contributed by atoms with Crippen molar-refractivity contribution in [3.63, 3.8) is 0 Å². The van der Waals surface area contributed by atoms with Gasteiger partial charge < -0.3 is 20.5 Å². The molecule has 2 aromatic carbocycles. The van der Waals surface area contributed by atoms with Crippen LogP contribution in [0.15, 0.2) is 48.5 Å². The van der Waals surface area contributed by atoms with Crippen molar-refractivity contribution in [1.29, 1.82) is 0 Å². The van der Waals surface area contributed by atoms with E-state index in [1.54, 1.807) is 0 Å². The molecule has 0 fully saturated rings. The number of nitrogens with one attached hydrogen (secondary N) is 2. The Kier molecular flexibility index (Phi) is 8.04. The molecule has 1 amide bonds. The number of hydrogen-bond donors (Lipinski definition) is 3. The van der Waals surface area contributed by atoms with Gasteiger partial charge in [-0.15, -0.1) is 0 Å². The third kappa shape index (κ3) is 6.85. The Morgan fingerprint density at radius 2 is 1.90 bits per heavy atom. The van der Waals surface area contributed by atoms with Crippen LogP contribution in [-0.2, 0) is 24.3 Å². The van der Waals surface area contributed by atoms with Gasteiger partial charge >= 0.3 is 0 Å². The summed E-state index contributed by atoms with van der Waals surface area (Å²) < 4.78 is 5.92. The van der Waals surface area contributed by atoms with E-state index < -0.39 is 6.10 Å². The van der Waals surface area contributed by atoms with E-state index in [2.05, 4.69) is 39.8 Å². The van der Waals surface area contributed by atoms with E-state index in [9.17, 15) is 9.90 Å². The van der Waals surface area contributed by atoms with Gasteiger partial charge in [-0.3, -0.25) is 9.69 Å². The average Bonchev–Trinajstić information content (AvgIpc) is 2.72. The maximum atomic E-state index is 10.9. The Morgan fingerprint density at radius 3 is 2.72 bits per heavy atom. The normalized spacial score (nSPS) is 14.8. The van der Waals surface area contributed by atoms with Crippen LogP contribution in [0.1, 0.15) is 23.6 Å². The van der Waals surface area contributed by atoms with Gasteiger partial charge in [-0.1, -0.05) is 42.5 Å². The van der Waals surface area contributed by atoms with Crippen LogP contribution in [-0.4, -0.2) is 54.8 Å². The number of rotatable bonds is 10. The second-order valence-corrected chi connectivity index (χ2v) is 7.49. The molecular weight excluding hydrogens is 366 g/mol. The van der Waals surface area contributed by atoms with E-state index in [1.165, 1.54) is 18.1 Å². The third-order valence-corrected chi connectivity index (χ3v) is 5.07. The summed E-state index contributed by atoms with van der Waals surface area (Å²) in [4.78, 5) is 13.2. The fraction of sp³-hybridized carbons (Fsp3) is 0.435. The Balaban J connectivity index is 1.43. The highest BCUT2D eigenvalue weighted by Gasteiger charge is 2.19. The number of carbonyl (C=O) groups excluding carboxylic acids is 1. The zero-order chi connectivity index (χ0) is 20.5. The van der Waals surface area contributed by atoms with Crippen molar-refractivity contribution in [3.05, 3.63) is 65.2 Å². The molecule has 6 heteroatoms. The molecule has 3 rings (SSSR count).